The molecule has 3 heteroatoms. The first-order valence-electron chi connectivity index (χ1n) is 6.19. The van der Waals surface area contributed by atoms with Crippen molar-refractivity contribution in [2.45, 2.75) is 31.7 Å². The SMILES string of the molecule is O=C(Cc1ccccc1)NC1CCCC1CBr. The maximum Gasteiger partial charge on any atom is 0.224 e. The average Bonchev–Trinajstić information content (AvgIpc) is 2.77. The van der Waals surface area contributed by atoms with Crippen LogP contribution in [0, 0.1) is 5.92 Å². The van der Waals surface area contributed by atoms with E-state index in [0.717, 1.165) is 17.3 Å². The van der Waals surface area contributed by atoms with E-state index < -0.39 is 0 Å². The molecule has 1 saturated carbocycles. The lowest BCUT2D eigenvalue weighted by Crippen LogP contribution is -2.38. The van der Waals surface area contributed by atoms with Crippen molar-refractivity contribution in [1.29, 1.82) is 0 Å². The lowest BCUT2D eigenvalue weighted by atomic mass is 10.1. The van der Waals surface area contributed by atoms with Crippen molar-refractivity contribution in [3.63, 3.8) is 0 Å². The molecule has 1 amide bonds. The second-order valence-electron chi connectivity index (χ2n) is 4.68. The molecule has 0 aliphatic heterocycles. The van der Waals surface area contributed by atoms with Crippen LogP contribution in [0.2, 0.25) is 0 Å². The number of halogens is 1. The highest BCUT2D eigenvalue weighted by atomic mass is 79.9. The number of alkyl halides is 1. The molecule has 0 bridgehead atoms. The largest absolute Gasteiger partial charge is 0.353 e. The summed E-state index contributed by atoms with van der Waals surface area (Å²) < 4.78 is 0. The summed E-state index contributed by atoms with van der Waals surface area (Å²) in [6.07, 6.45) is 4.07. The third-order valence-corrected chi connectivity index (χ3v) is 4.24. The van der Waals surface area contributed by atoms with Gasteiger partial charge in [0.1, 0.15) is 0 Å². The molecule has 17 heavy (non-hydrogen) atoms. The molecule has 2 atom stereocenters. The van der Waals surface area contributed by atoms with E-state index in [1.165, 1.54) is 12.8 Å². The highest BCUT2D eigenvalue weighted by Gasteiger charge is 2.27. The fraction of sp³-hybridized carbons (Fsp3) is 0.500. The van der Waals surface area contributed by atoms with Crippen LogP contribution in [0.5, 0.6) is 0 Å². The van der Waals surface area contributed by atoms with E-state index >= 15 is 0 Å². The first-order valence-corrected chi connectivity index (χ1v) is 7.31. The molecule has 2 nitrogen and oxygen atoms in total. The molecule has 1 aromatic carbocycles. The molecule has 1 aromatic rings. The van der Waals surface area contributed by atoms with Crippen molar-refractivity contribution < 1.29 is 4.79 Å². The number of nitrogens with one attached hydrogen (secondary N) is 1. The van der Waals surface area contributed by atoms with Crippen molar-refractivity contribution in [3.05, 3.63) is 35.9 Å². The Labute approximate surface area is 111 Å². The average molecular weight is 296 g/mol. The van der Waals surface area contributed by atoms with Crippen molar-refractivity contribution in [2.24, 2.45) is 5.92 Å². The maximum atomic E-state index is 11.9. The molecule has 2 unspecified atom stereocenters. The predicted octanol–water partition coefficient (Wildman–Crippen LogP) is 2.91. The molecule has 2 rings (SSSR count). The number of amides is 1. The zero-order chi connectivity index (χ0) is 12.1. The minimum atomic E-state index is 0.147. The first kappa shape index (κ1) is 12.6. The third kappa shape index (κ3) is 3.56. The fourth-order valence-corrected chi connectivity index (χ4v) is 3.23. The number of hydrogen-bond donors (Lipinski definition) is 1. The van der Waals surface area contributed by atoms with Crippen LogP contribution in [0.4, 0.5) is 0 Å². The molecule has 1 aliphatic rings. The van der Waals surface area contributed by atoms with Crippen LogP contribution < -0.4 is 5.32 Å². The maximum absolute atomic E-state index is 11.9. The van der Waals surface area contributed by atoms with E-state index in [4.69, 9.17) is 0 Å². The smallest absolute Gasteiger partial charge is 0.224 e. The summed E-state index contributed by atoms with van der Waals surface area (Å²) in [5, 5.41) is 4.15. The van der Waals surface area contributed by atoms with Gasteiger partial charge in [0.15, 0.2) is 0 Å². The topological polar surface area (TPSA) is 29.1 Å². The zero-order valence-electron chi connectivity index (χ0n) is 9.86. The molecular formula is C14H18BrNO. The lowest BCUT2D eigenvalue weighted by Gasteiger charge is -2.19. The van der Waals surface area contributed by atoms with Crippen molar-refractivity contribution in [2.75, 3.05) is 5.33 Å². The molecule has 0 radical (unpaired) electrons. The molecule has 0 saturated heterocycles. The van der Waals surface area contributed by atoms with E-state index in [1.54, 1.807) is 0 Å². The van der Waals surface area contributed by atoms with Crippen molar-refractivity contribution in [1.82, 2.24) is 5.32 Å². The Morgan fingerprint density at radius 1 is 1.29 bits per heavy atom. The number of hydrogen-bond acceptors (Lipinski definition) is 1. The Kier molecular flexibility index (Phi) is 4.60. The Morgan fingerprint density at radius 2 is 2.06 bits per heavy atom. The zero-order valence-corrected chi connectivity index (χ0v) is 11.4. The van der Waals surface area contributed by atoms with E-state index in [0.29, 0.717) is 18.4 Å². The molecule has 1 N–H and O–H groups in total. The quantitative estimate of drug-likeness (QED) is 0.850. The highest BCUT2D eigenvalue weighted by molar-refractivity contribution is 9.09. The van der Waals surface area contributed by atoms with Gasteiger partial charge in [-0.15, -0.1) is 0 Å². The van der Waals surface area contributed by atoms with Gasteiger partial charge >= 0.3 is 0 Å². The Hall–Kier alpha value is -0.830. The predicted molar refractivity (Wildman–Crippen MR) is 73.2 cm³/mol. The van der Waals surface area contributed by atoms with Gasteiger partial charge in [0, 0.05) is 11.4 Å². The summed E-state index contributed by atoms with van der Waals surface area (Å²) in [5.74, 6) is 0.753. The van der Waals surface area contributed by atoms with Crippen LogP contribution in [0.1, 0.15) is 24.8 Å². The summed E-state index contributed by atoms with van der Waals surface area (Å²) in [6.45, 7) is 0. The Morgan fingerprint density at radius 3 is 2.76 bits per heavy atom. The van der Waals surface area contributed by atoms with E-state index in [-0.39, 0.29) is 5.91 Å². The van der Waals surface area contributed by atoms with Gasteiger partial charge in [-0.1, -0.05) is 52.7 Å². The van der Waals surface area contributed by atoms with Crippen LogP contribution in [-0.2, 0) is 11.2 Å². The second kappa shape index (κ2) is 6.20. The van der Waals surface area contributed by atoms with Gasteiger partial charge in [0.2, 0.25) is 5.91 Å². The first-order chi connectivity index (χ1) is 8.29. The summed E-state index contributed by atoms with van der Waals surface area (Å²) in [7, 11) is 0. The molecule has 0 spiro atoms. The van der Waals surface area contributed by atoms with E-state index in [1.807, 2.05) is 30.3 Å². The summed E-state index contributed by atoms with van der Waals surface area (Å²) in [6, 6.07) is 10.3. The van der Waals surface area contributed by atoms with Gasteiger partial charge in [0.25, 0.3) is 0 Å². The standard InChI is InChI=1S/C14H18BrNO/c15-10-12-7-4-8-13(12)16-14(17)9-11-5-2-1-3-6-11/h1-3,5-6,12-13H,4,7-10H2,(H,16,17). The van der Waals surface area contributed by atoms with Gasteiger partial charge in [-0.2, -0.15) is 0 Å². The highest BCUT2D eigenvalue weighted by Crippen LogP contribution is 2.27. The van der Waals surface area contributed by atoms with Gasteiger partial charge < -0.3 is 5.32 Å². The second-order valence-corrected chi connectivity index (χ2v) is 5.33. The number of rotatable bonds is 4. The monoisotopic (exact) mass is 295 g/mol. The molecule has 1 fully saturated rings. The van der Waals surface area contributed by atoms with Crippen LogP contribution >= 0.6 is 15.9 Å². The number of carbonyl (C=O) groups is 1. The molecule has 1 aliphatic carbocycles. The third-order valence-electron chi connectivity index (χ3n) is 3.41. The summed E-state index contributed by atoms with van der Waals surface area (Å²) >= 11 is 3.52. The molecular weight excluding hydrogens is 278 g/mol. The molecule has 0 heterocycles. The number of carbonyl (C=O) groups excluding carboxylic acids is 1. The fourth-order valence-electron chi connectivity index (χ4n) is 2.45. The normalized spacial score (nSPS) is 23.6. The molecule has 92 valence electrons. The minimum absolute atomic E-state index is 0.147. The summed E-state index contributed by atoms with van der Waals surface area (Å²) in [5.41, 5.74) is 1.08. The van der Waals surface area contributed by atoms with Gasteiger partial charge in [0.05, 0.1) is 6.42 Å². The van der Waals surface area contributed by atoms with Crippen LogP contribution in [0.3, 0.4) is 0 Å². The van der Waals surface area contributed by atoms with Gasteiger partial charge in [-0.3, -0.25) is 4.79 Å². The van der Waals surface area contributed by atoms with Gasteiger partial charge in [-0.25, -0.2) is 0 Å². The Bertz CT molecular complexity index is 366. The van der Waals surface area contributed by atoms with Gasteiger partial charge in [-0.05, 0) is 24.3 Å². The minimum Gasteiger partial charge on any atom is -0.353 e. The van der Waals surface area contributed by atoms with Crippen LogP contribution in [0.25, 0.3) is 0 Å². The van der Waals surface area contributed by atoms with Crippen LogP contribution in [0.15, 0.2) is 30.3 Å². The van der Waals surface area contributed by atoms with E-state index in [2.05, 4.69) is 21.2 Å². The Balaban J connectivity index is 1.85. The van der Waals surface area contributed by atoms with Crippen molar-refractivity contribution in [3.8, 4) is 0 Å². The summed E-state index contributed by atoms with van der Waals surface area (Å²) in [4.78, 5) is 11.9. The van der Waals surface area contributed by atoms with Crippen molar-refractivity contribution >= 4 is 21.8 Å². The van der Waals surface area contributed by atoms with E-state index in [9.17, 15) is 4.79 Å². The van der Waals surface area contributed by atoms with Crippen LogP contribution in [-0.4, -0.2) is 17.3 Å². The molecule has 0 aromatic heterocycles. The number of benzene rings is 1. The lowest BCUT2D eigenvalue weighted by molar-refractivity contribution is -0.121.